The summed E-state index contributed by atoms with van der Waals surface area (Å²) in [6, 6.07) is 8.49. The SMILES string of the molecule is Cc1nnc(N2C[C@H](O)[C@@H](N3CCCC3)C2)c2ccccc12. The molecule has 0 saturated carbocycles. The summed E-state index contributed by atoms with van der Waals surface area (Å²) in [4.78, 5) is 4.62. The Balaban J connectivity index is 1.67. The van der Waals surface area contributed by atoms with E-state index in [2.05, 4.69) is 32.1 Å². The number of benzene rings is 1. The highest BCUT2D eigenvalue weighted by Crippen LogP contribution is 2.30. The highest BCUT2D eigenvalue weighted by molar-refractivity contribution is 5.93. The molecular weight excluding hydrogens is 276 g/mol. The zero-order valence-electron chi connectivity index (χ0n) is 12.9. The lowest BCUT2D eigenvalue weighted by atomic mass is 10.1. The zero-order valence-corrected chi connectivity index (χ0v) is 12.9. The molecule has 1 aromatic carbocycles. The molecule has 0 spiro atoms. The predicted molar refractivity (Wildman–Crippen MR) is 87.1 cm³/mol. The first-order valence-electron chi connectivity index (χ1n) is 8.13. The zero-order chi connectivity index (χ0) is 15.1. The van der Waals surface area contributed by atoms with E-state index in [1.54, 1.807) is 0 Å². The average molecular weight is 298 g/mol. The van der Waals surface area contributed by atoms with Gasteiger partial charge in [0.25, 0.3) is 0 Å². The second kappa shape index (κ2) is 5.48. The van der Waals surface area contributed by atoms with Gasteiger partial charge in [-0.15, -0.1) is 5.10 Å². The number of nitrogens with zero attached hydrogens (tertiary/aromatic N) is 4. The van der Waals surface area contributed by atoms with E-state index in [1.807, 2.05) is 19.1 Å². The number of aromatic nitrogens is 2. The fourth-order valence-electron chi connectivity index (χ4n) is 3.83. The van der Waals surface area contributed by atoms with Crippen molar-refractivity contribution in [3.05, 3.63) is 30.0 Å². The van der Waals surface area contributed by atoms with E-state index < -0.39 is 0 Å². The van der Waals surface area contributed by atoms with Crippen molar-refractivity contribution in [3.63, 3.8) is 0 Å². The normalized spacial score (nSPS) is 26.2. The van der Waals surface area contributed by atoms with Crippen LogP contribution in [0.5, 0.6) is 0 Å². The van der Waals surface area contributed by atoms with Crippen LogP contribution in [0.2, 0.25) is 0 Å². The summed E-state index contributed by atoms with van der Waals surface area (Å²) in [5.41, 5.74) is 0.954. The molecule has 116 valence electrons. The van der Waals surface area contributed by atoms with Crippen LogP contribution in [0.25, 0.3) is 10.8 Å². The number of anilines is 1. The van der Waals surface area contributed by atoms with Gasteiger partial charge in [0.1, 0.15) is 0 Å². The fraction of sp³-hybridized carbons (Fsp3) is 0.529. The lowest BCUT2D eigenvalue weighted by Crippen LogP contribution is -2.41. The van der Waals surface area contributed by atoms with E-state index in [1.165, 1.54) is 12.8 Å². The molecule has 2 fully saturated rings. The average Bonchev–Trinajstić information content (AvgIpc) is 3.17. The largest absolute Gasteiger partial charge is 0.390 e. The smallest absolute Gasteiger partial charge is 0.159 e. The Hall–Kier alpha value is -1.72. The standard InChI is InChI=1S/C17H22N4O/c1-12-13-6-2-3-7-14(13)17(19-18-12)21-10-15(16(22)11-21)20-8-4-5-9-20/h2-3,6-7,15-16,22H,4-5,8-11H2,1H3/t15-,16-/m0/s1. The number of likely N-dealkylation sites (tertiary alicyclic amines) is 1. The second-order valence-corrected chi connectivity index (χ2v) is 6.44. The van der Waals surface area contributed by atoms with Crippen molar-refractivity contribution in [2.75, 3.05) is 31.1 Å². The van der Waals surface area contributed by atoms with E-state index in [4.69, 9.17) is 0 Å². The number of hydrogen-bond acceptors (Lipinski definition) is 5. The fourth-order valence-corrected chi connectivity index (χ4v) is 3.83. The molecule has 2 aliphatic rings. The van der Waals surface area contributed by atoms with Gasteiger partial charge in [0.05, 0.1) is 17.8 Å². The molecule has 2 aromatic rings. The third kappa shape index (κ3) is 2.25. The highest BCUT2D eigenvalue weighted by atomic mass is 16.3. The van der Waals surface area contributed by atoms with Gasteiger partial charge in [-0.05, 0) is 32.9 Å². The minimum Gasteiger partial charge on any atom is -0.390 e. The summed E-state index contributed by atoms with van der Waals surface area (Å²) in [6.45, 7) is 5.68. The van der Waals surface area contributed by atoms with Crippen molar-refractivity contribution in [2.24, 2.45) is 0 Å². The molecule has 0 aliphatic carbocycles. The van der Waals surface area contributed by atoms with Crippen molar-refractivity contribution in [1.29, 1.82) is 0 Å². The van der Waals surface area contributed by atoms with E-state index >= 15 is 0 Å². The molecule has 2 aliphatic heterocycles. The maximum Gasteiger partial charge on any atom is 0.159 e. The number of hydrogen-bond donors (Lipinski definition) is 1. The van der Waals surface area contributed by atoms with Gasteiger partial charge in [-0.2, -0.15) is 5.10 Å². The molecule has 0 amide bonds. The third-order valence-electron chi connectivity index (χ3n) is 5.02. The Labute approximate surface area is 130 Å². The number of aryl methyl sites for hydroxylation is 1. The van der Waals surface area contributed by atoms with Crippen LogP contribution in [0.4, 0.5) is 5.82 Å². The first-order valence-corrected chi connectivity index (χ1v) is 8.13. The molecule has 5 heteroatoms. The van der Waals surface area contributed by atoms with Crippen LogP contribution in [0.1, 0.15) is 18.5 Å². The molecule has 5 nitrogen and oxygen atoms in total. The molecule has 0 radical (unpaired) electrons. The lowest BCUT2D eigenvalue weighted by Gasteiger charge is -2.25. The van der Waals surface area contributed by atoms with Crippen LogP contribution in [0, 0.1) is 6.92 Å². The first kappa shape index (κ1) is 13.9. The Morgan fingerprint density at radius 1 is 1.05 bits per heavy atom. The maximum absolute atomic E-state index is 10.5. The Bertz CT molecular complexity index is 683. The monoisotopic (exact) mass is 298 g/mol. The number of rotatable bonds is 2. The number of aliphatic hydroxyl groups is 1. The summed E-state index contributed by atoms with van der Waals surface area (Å²) >= 11 is 0. The minimum absolute atomic E-state index is 0.226. The van der Waals surface area contributed by atoms with Crippen molar-refractivity contribution in [3.8, 4) is 0 Å². The maximum atomic E-state index is 10.5. The topological polar surface area (TPSA) is 52.5 Å². The molecule has 0 unspecified atom stereocenters. The van der Waals surface area contributed by atoms with Gasteiger partial charge >= 0.3 is 0 Å². The van der Waals surface area contributed by atoms with E-state index in [0.717, 1.165) is 41.9 Å². The Kier molecular flexibility index (Phi) is 3.47. The van der Waals surface area contributed by atoms with Crippen LogP contribution >= 0.6 is 0 Å². The Morgan fingerprint density at radius 3 is 2.55 bits per heavy atom. The summed E-state index contributed by atoms with van der Waals surface area (Å²) in [7, 11) is 0. The first-order chi connectivity index (χ1) is 10.7. The molecule has 1 N–H and O–H groups in total. The van der Waals surface area contributed by atoms with Crippen LogP contribution in [0.3, 0.4) is 0 Å². The van der Waals surface area contributed by atoms with E-state index in [9.17, 15) is 5.11 Å². The second-order valence-electron chi connectivity index (χ2n) is 6.44. The van der Waals surface area contributed by atoms with Crippen molar-refractivity contribution in [1.82, 2.24) is 15.1 Å². The van der Waals surface area contributed by atoms with Gasteiger partial charge in [-0.3, -0.25) is 4.90 Å². The van der Waals surface area contributed by atoms with Gasteiger partial charge in [-0.25, -0.2) is 0 Å². The number of fused-ring (bicyclic) bond motifs is 1. The molecule has 22 heavy (non-hydrogen) atoms. The summed E-state index contributed by atoms with van der Waals surface area (Å²) in [5.74, 6) is 0.905. The minimum atomic E-state index is -0.306. The van der Waals surface area contributed by atoms with Crippen molar-refractivity contribution < 1.29 is 5.11 Å². The van der Waals surface area contributed by atoms with E-state index in [0.29, 0.717) is 6.54 Å². The lowest BCUT2D eigenvalue weighted by molar-refractivity contribution is 0.0986. The summed E-state index contributed by atoms with van der Waals surface area (Å²) in [5, 5.41) is 21.5. The number of aliphatic hydroxyl groups excluding tert-OH is 1. The van der Waals surface area contributed by atoms with Gasteiger partial charge in [0.2, 0.25) is 0 Å². The van der Waals surface area contributed by atoms with Gasteiger partial charge < -0.3 is 10.0 Å². The highest BCUT2D eigenvalue weighted by Gasteiger charge is 2.37. The van der Waals surface area contributed by atoms with Gasteiger partial charge in [-0.1, -0.05) is 24.3 Å². The molecular formula is C17H22N4O. The molecule has 0 bridgehead atoms. The molecule has 3 heterocycles. The quantitative estimate of drug-likeness (QED) is 0.912. The Morgan fingerprint density at radius 2 is 1.77 bits per heavy atom. The van der Waals surface area contributed by atoms with E-state index in [-0.39, 0.29) is 12.1 Å². The van der Waals surface area contributed by atoms with Crippen LogP contribution in [-0.4, -0.2) is 58.5 Å². The number of β-amino-alcohol motifs (C(OH)–C–C–N with tert-alkyl or cyclic N) is 1. The molecule has 2 atom stereocenters. The van der Waals surface area contributed by atoms with Crippen LogP contribution in [-0.2, 0) is 0 Å². The van der Waals surface area contributed by atoms with Crippen LogP contribution in [0.15, 0.2) is 24.3 Å². The van der Waals surface area contributed by atoms with Crippen molar-refractivity contribution in [2.45, 2.75) is 31.9 Å². The predicted octanol–water partition coefficient (Wildman–Crippen LogP) is 1.58. The van der Waals surface area contributed by atoms with Gasteiger partial charge in [0.15, 0.2) is 5.82 Å². The summed E-state index contributed by atoms with van der Waals surface area (Å²) in [6.07, 6.45) is 2.19. The van der Waals surface area contributed by atoms with Crippen LogP contribution < -0.4 is 4.90 Å². The van der Waals surface area contributed by atoms with Gasteiger partial charge in [0, 0.05) is 23.9 Å². The molecule has 1 aromatic heterocycles. The molecule has 2 saturated heterocycles. The molecule has 4 rings (SSSR count). The summed E-state index contributed by atoms with van der Waals surface area (Å²) < 4.78 is 0. The third-order valence-corrected chi connectivity index (χ3v) is 5.02. The van der Waals surface area contributed by atoms with Crippen molar-refractivity contribution >= 4 is 16.6 Å².